The fraction of sp³-hybridized carbons (Fsp3) is 0.400. The van der Waals surface area contributed by atoms with Crippen LogP contribution in [-0.4, -0.2) is 25.8 Å². The summed E-state index contributed by atoms with van der Waals surface area (Å²) in [5.74, 6) is 0. The summed E-state index contributed by atoms with van der Waals surface area (Å²) in [5.41, 5.74) is 2.07. The van der Waals surface area contributed by atoms with Crippen molar-refractivity contribution in [3.8, 4) is 0 Å². The first-order valence-corrected chi connectivity index (χ1v) is 7.22. The van der Waals surface area contributed by atoms with Crippen LogP contribution in [0.5, 0.6) is 0 Å². The van der Waals surface area contributed by atoms with Gasteiger partial charge in [0, 0.05) is 24.1 Å². The quantitative estimate of drug-likeness (QED) is 0.855. The molecule has 0 aliphatic carbocycles. The predicted molar refractivity (Wildman–Crippen MR) is 66.2 cm³/mol. The van der Waals surface area contributed by atoms with E-state index in [4.69, 9.17) is 0 Å². The summed E-state index contributed by atoms with van der Waals surface area (Å²) in [4.78, 5) is 0. The van der Waals surface area contributed by atoms with Gasteiger partial charge in [0.05, 0.1) is 0 Å². The first-order valence-electron chi connectivity index (χ1n) is 4.99. The Bertz CT molecular complexity index is 498. The lowest BCUT2D eigenvalue weighted by Crippen LogP contribution is -2.29. The Kier molecular flexibility index (Phi) is 3.34. The van der Waals surface area contributed by atoms with Crippen LogP contribution in [0.15, 0.2) is 22.7 Å². The maximum atomic E-state index is 11.6. The van der Waals surface area contributed by atoms with Gasteiger partial charge in [-0.3, -0.25) is 0 Å². The van der Waals surface area contributed by atoms with Crippen LogP contribution >= 0.6 is 15.9 Å². The Morgan fingerprint density at radius 1 is 1.44 bits per heavy atom. The molecule has 0 bridgehead atoms. The summed E-state index contributed by atoms with van der Waals surface area (Å²) in [6.07, 6.45) is 0. The molecule has 1 aliphatic heterocycles. The Balaban J connectivity index is 2.07. The third-order valence-corrected chi connectivity index (χ3v) is 4.55. The van der Waals surface area contributed by atoms with Gasteiger partial charge in [-0.15, -0.1) is 0 Å². The fourth-order valence-corrected chi connectivity index (χ4v) is 2.86. The minimum atomic E-state index is -3.25. The highest BCUT2D eigenvalue weighted by Crippen LogP contribution is 2.17. The second kappa shape index (κ2) is 4.44. The molecule has 1 N–H and O–H groups in total. The van der Waals surface area contributed by atoms with E-state index in [-0.39, 0.29) is 0 Å². The smallest absolute Gasteiger partial charge is 0.198 e. The number of nitrogens with one attached hydrogen (secondary N) is 1. The molecule has 4 nitrogen and oxygen atoms in total. The first-order chi connectivity index (χ1) is 7.49. The van der Waals surface area contributed by atoms with Gasteiger partial charge in [-0.25, -0.2) is 0 Å². The molecule has 0 radical (unpaired) electrons. The van der Waals surface area contributed by atoms with Gasteiger partial charge in [-0.05, 0) is 30.2 Å². The van der Waals surface area contributed by atoms with E-state index in [1.165, 1.54) is 4.31 Å². The van der Waals surface area contributed by atoms with Gasteiger partial charge in [0.2, 0.25) is 0 Å². The second-order valence-corrected chi connectivity index (χ2v) is 6.47. The highest BCUT2D eigenvalue weighted by Gasteiger charge is 2.31. The molecule has 1 aromatic rings. The molecule has 2 rings (SSSR count). The maximum absolute atomic E-state index is 11.6. The molecule has 6 heteroatoms. The topological polar surface area (TPSA) is 49.2 Å². The molecular formula is C10H13BrN2O2S. The van der Waals surface area contributed by atoms with Crippen molar-refractivity contribution in [3.63, 3.8) is 0 Å². The average Bonchev–Trinajstić information content (AvgIpc) is 3.03. The highest BCUT2D eigenvalue weighted by atomic mass is 79.9. The van der Waals surface area contributed by atoms with Crippen molar-refractivity contribution < 1.29 is 8.42 Å². The van der Waals surface area contributed by atoms with Gasteiger partial charge in [-0.2, -0.15) is 17.4 Å². The van der Waals surface area contributed by atoms with Crippen LogP contribution in [0.1, 0.15) is 11.1 Å². The molecule has 0 spiro atoms. The molecule has 0 unspecified atom stereocenters. The number of benzene rings is 1. The summed E-state index contributed by atoms with van der Waals surface area (Å²) in [6, 6.07) is 5.84. The van der Waals surface area contributed by atoms with Gasteiger partial charge < -0.3 is 0 Å². The van der Waals surface area contributed by atoms with Crippen molar-refractivity contribution in [2.75, 3.05) is 13.1 Å². The van der Waals surface area contributed by atoms with E-state index in [0.717, 1.165) is 15.6 Å². The SMILES string of the molecule is Cc1ccc(Br)cc1CNS(=O)(=O)N1CC1. The zero-order valence-corrected chi connectivity index (χ0v) is 11.3. The van der Waals surface area contributed by atoms with E-state index in [2.05, 4.69) is 20.7 Å². The molecule has 1 fully saturated rings. The largest absolute Gasteiger partial charge is 0.279 e. The Labute approximate surface area is 104 Å². The number of halogens is 1. The summed E-state index contributed by atoms with van der Waals surface area (Å²) in [5, 5.41) is 0. The molecular weight excluding hydrogens is 292 g/mol. The number of aryl methyl sites for hydroxylation is 1. The molecule has 0 saturated carbocycles. The lowest BCUT2D eigenvalue weighted by Gasteiger charge is -2.09. The molecule has 0 aromatic heterocycles. The van der Waals surface area contributed by atoms with Crippen molar-refractivity contribution in [1.82, 2.24) is 9.03 Å². The van der Waals surface area contributed by atoms with Gasteiger partial charge in [0.1, 0.15) is 0 Å². The number of nitrogens with zero attached hydrogens (tertiary/aromatic N) is 1. The van der Waals surface area contributed by atoms with E-state index >= 15 is 0 Å². The second-order valence-electron chi connectivity index (χ2n) is 3.80. The predicted octanol–water partition coefficient (Wildman–Crippen LogP) is 1.41. The lowest BCUT2D eigenvalue weighted by atomic mass is 10.1. The van der Waals surface area contributed by atoms with E-state index < -0.39 is 10.2 Å². The van der Waals surface area contributed by atoms with Crippen LogP contribution in [0.2, 0.25) is 0 Å². The summed E-state index contributed by atoms with van der Waals surface area (Å²) >= 11 is 3.37. The third kappa shape index (κ3) is 2.82. The fourth-order valence-electron chi connectivity index (χ4n) is 1.37. The summed E-state index contributed by atoms with van der Waals surface area (Å²) < 4.78 is 28.1. The molecule has 16 heavy (non-hydrogen) atoms. The molecule has 1 heterocycles. The van der Waals surface area contributed by atoms with Crippen molar-refractivity contribution in [3.05, 3.63) is 33.8 Å². The zero-order valence-electron chi connectivity index (χ0n) is 8.90. The van der Waals surface area contributed by atoms with E-state index in [9.17, 15) is 8.42 Å². The standard InChI is InChI=1S/C10H13BrN2O2S/c1-8-2-3-10(11)6-9(8)7-12-16(14,15)13-4-5-13/h2-3,6,12H,4-5,7H2,1H3. The van der Waals surface area contributed by atoms with Gasteiger partial charge >= 0.3 is 0 Å². The Morgan fingerprint density at radius 2 is 2.12 bits per heavy atom. The molecule has 0 amide bonds. The minimum Gasteiger partial charge on any atom is -0.198 e. The monoisotopic (exact) mass is 304 g/mol. The lowest BCUT2D eigenvalue weighted by molar-refractivity contribution is 0.546. The number of hydrogen-bond acceptors (Lipinski definition) is 2. The molecule has 1 aromatic carbocycles. The maximum Gasteiger partial charge on any atom is 0.279 e. The molecule has 1 saturated heterocycles. The number of hydrogen-bond donors (Lipinski definition) is 1. The van der Waals surface area contributed by atoms with Crippen LogP contribution < -0.4 is 4.72 Å². The van der Waals surface area contributed by atoms with Crippen molar-refractivity contribution in [2.45, 2.75) is 13.5 Å². The van der Waals surface area contributed by atoms with Gasteiger partial charge in [0.25, 0.3) is 10.2 Å². The van der Waals surface area contributed by atoms with Crippen LogP contribution in [0.3, 0.4) is 0 Å². The molecule has 88 valence electrons. The highest BCUT2D eigenvalue weighted by molar-refractivity contribution is 9.10. The van der Waals surface area contributed by atoms with Crippen molar-refractivity contribution >= 4 is 26.1 Å². The van der Waals surface area contributed by atoms with Crippen molar-refractivity contribution in [2.24, 2.45) is 0 Å². The van der Waals surface area contributed by atoms with Crippen molar-refractivity contribution in [1.29, 1.82) is 0 Å². The summed E-state index contributed by atoms with van der Waals surface area (Å²) in [7, 11) is -3.25. The summed E-state index contributed by atoms with van der Waals surface area (Å²) in [6.45, 7) is 3.57. The van der Waals surface area contributed by atoms with Crippen LogP contribution in [0.4, 0.5) is 0 Å². The van der Waals surface area contributed by atoms with E-state index in [1.54, 1.807) is 0 Å². The first kappa shape index (κ1) is 12.0. The Hall–Kier alpha value is -0.430. The molecule has 0 atom stereocenters. The zero-order chi connectivity index (χ0) is 11.8. The van der Waals surface area contributed by atoms with E-state index in [0.29, 0.717) is 19.6 Å². The number of rotatable bonds is 4. The van der Waals surface area contributed by atoms with Crippen LogP contribution in [-0.2, 0) is 16.8 Å². The van der Waals surface area contributed by atoms with Crippen LogP contribution in [0, 0.1) is 6.92 Å². The van der Waals surface area contributed by atoms with Gasteiger partial charge in [0.15, 0.2) is 0 Å². The minimum absolute atomic E-state index is 0.337. The van der Waals surface area contributed by atoms with E-state index in [1.807, 2.05) is 25.1 Å². The normalized spacial score (nSPS) is 16.4. The third-order valence-electron chi connectivity index (χ3n) is 2.50. The Morgan fingerprint density at radius 3 is 2.75 bits per heavy atom. The van der Waals surface area contributed by atoms with Crippen LogP contribution in [0.25, 0.3) is 0 Å². The molecule has 1 aliphatic rings. The van der Waals surface area contributed by atoms with Gasteiger partial charge in [-0.1, -0.05) is 22.0 Å². The average molecular weight is 305 g/mol.